The van der Waals surface area contributed by atoms with Gasteiger partial charge in [-0.05, 0) is 25.0 Å². The first-order valence-electron chi connectivity index (χ1n) is 6.23. The van der Waals surface area contributed by atoms with Gasteiger partial charge in [0.2, 0.25) is 10.9 Å². The van der Waals surface area contributed by atoms with Crippen LogP contribution in [0.2, 0.25) is 5.02 Å². The predicted molar refractivity (Wildman–Crippen MR) is 77.7 cm³/mol. The summed E-state index contributed by atoms with van der Waals surface area (Å²) in [6.07, 6.45) is 2.24. The summed E-state index contributed by atoms with van der Waals surface area (Å²) in [6, 6.07) is 5.31. The van der Waals surface area contributed by atoms with E-state index < -0.39 is 10.9 Å². The van der Waals surface area contributed by atoms with E-state index >= 15 is 0 Å². The van der Waals surface area contributed by atoms with E-state index in [0.717, 1.165) is 31.6 Å². The van der Waals surface area contributed by atoms with Gasteiger partial charge in [-0.1, -0.05) is 17.7 Å². The maximum atomic E-state index is 11.7. The van der Waals surface area contributed by atoms with Gasteiger partial charge >= 0.3 is 0 Å². The zero-order valence-corrected chi connectivity index (χ0v) is 11.0. The third-order valence-corrected chi connectivity index (χ3v) is 3.86. The Balaban J connectivity index is 2.16. The van der Waals surface area contributed by atoms with Gasteiger partial charge in [0.05, 0.1) is 11.3 Å². The molecule has 4 nitrogen and oxygen atoms in total. The van der Waals surface area contributed by atoms with Crippen molar-refractivity contribution in [1.29, 1.82) is 0 Å². The van der Waals surface area contributed by atoms with E-state index in [1.54, 1.807) is 12.1 Å². The minimum absolute atomic E-state index is 0.0627. The standard InChI is InChI=1S/C14H13ClN2O2/c15-8-3-4-9(11-12(16)14(19)13(11)18)10(7-8)17-5-1-2-6-17/h3-4,7H,1-2,5-6,16H2. The molecule has 2 aromatic rings. The summed E-state index contributed by atoms with van der Waals surface area (Å²) in [5.74, 6) is 0. The van der Waals surface area contributed by atoms with Crippen LogP contribution in [0.15, 0.2) is 27.8 Å². The van der Waals surface area contributed by atoms with Crippen molar-refractivity contribution in [3.05, 3.63) is 43.7 Å². The molecule has 2 N–H and O–H groups in total. The zero-order chi connectivity index (χ0) is 13.6. The third-order valence-electron chi connectivity index (χ3n) is 3.62. The molecule has 0 aliphatic carbocycles. The number of hydrogen-bond donors (Lipinski definition) is 1. The Morgan fingerprint density at radius 3 is 2.42 bits per heavy atom. The highest BCUT2D eigenvalue weighted by Gasteiger charge is 2.24. The topological polar surface area (TPSA) is 63.4 Å². The Kier molecular flexibility index (Phi) is 2.82. The van der Waals surface area contributed by atoms with Gasteiger partial charge in [-0.2, -0.15) is 0 Å². The van der Waals surface area contributed by atoms with Gasteiger partial charge < -0.3 is 10.6 Å². The van der Waals surface area contributed by atoms with Crippen LogP contribution in [-0.2, 0) is 0 Å². The second-order valence-corrected chi connectivity index (χ2v) is 5.24. The Morgan fingerprint density at radius 1 is 1.11 bits per heavy atom. The molecule has 0 radical (unpaired) electrons. The molecule has 1 aliphatic rings. The second-order valence-electron chi connectivity index (χ2n) is 4.80. The molecule has 0 amide bonds. The molecule has 0 unspecified atom stereocenters. The van der Waals surface area contributed by atoms with Gasteiger partial charge in [-0.15, -0.1) is 0 Å². The number of nitrogens with two attached hydrogens (primary N) is 1. The first-order valence-corrected chi connectivity index (χ1v) is 6.61. The maximum Gasteiger partial charge on any atom is 0.249 e. The van der Waals surface area contributed by atoms with Crippen LogP contribution in [-0.4, -0.2) is 13.1 Å². The fourth-order valence-corrected chi connectivity index (χ4v) is 2.78. The van der Waals surface area contributed by atoms with Crippen LogP contribution in [0.5, 0.6) is 0 Å². The highest BCUT2D eigenvalue weighted by molar-refractivity contribution is 6.31. The largest absolute Gasteiger partial charge is 0.395 e. The van der Waals surface area contributed by atoms with Gasteiger partial charge in [0.25, 0.3) is 0 Å². The van der Waals surface area contributed by atoms with Crippen LogP contribution < -0.4 is 21.5 Å². The summed E-state index contributed by atoms with van der Waals surface area (Å²) in [5, 5.41) is 0.614. The van der Waals surface area contributed by atoms with Crippen LogP contribution in [0, 0.1) is 0 Å². The van der Waals surface area contributed by atoms with Gasteiger partial charge in [0.15, 0.2) is 0 Å². The summed E-state index contributed by atoms with van der Waals surface area (Å²) in [6.45, 7) is 1.87. The molecular weight excluding hydrogens is 264 g/mol. The molecule has 2 aromatic carbocycles. The first-order chi connectivity index (χ1) is 9.09. The lowest BCUT2D eigenvalue weighted by Gasteiger charge is -2.22. The monoisotopic (exact) mass is 276 g/mol. The molecule has 98 valence electrons. The summed E-state index contributed by atoms with van der Waals surface area (Å²) in [4.78, 5) is 25.1. The molecule has 0 bridgehead atoms. The Morgan fingerprint density at radius 2 is 1.79 bits per heavy atom. The van der Waals surface area contributed by atoms with Crippen molar-refractivity contribution in [2.75, 3.05) is 23.7 Å². The Bertz CT molecular complexity index is 711. The highest BCUT2D eigenvalue weighted by Crippen LogP contribution is 2.35. The second kappa shape index (κ2) is 4.38. The summed E-state index contributed by atoms with van der Waals surface area (Å²) in [7, 11) is 0. The molecule has 0 aromatic heterocycles. The SMILES string of the molecule is Nc1c(-c2ccc(Cl)cc2N2CCCC2)c(=O)c1=O. The number of hydrogen-bond acceptors (Lipinski definition) is 4. The maximum absolute atomic E-state index is 11.7. The summed E-state index contributed by atoms with van der Waals surface area (Å²) >= 11 is 6.04. The molecule has 0 atom stereocenters. The lowest BCUT2D eigenvalue weighted by atomic mass is 9.97. The van der Waals surface area contributed by atoms with Crippen LogP contribution in [0.1, 0.15) is 12.8 Å². The van der Waals surface area contributed by atoms with Crippen molar-refractivity contribution in [2.24, 2.45) is 0 Å². The lowest BCUT2D eigenvalue weighted by Crippen LogP contribution is -2.36. The quantitative estimate of drug-likeness (QED) is 0.850. The molecule has 1 aliphatic heterocycles. The van der Waals surface area contributed by atoms with Crippen molar-refractivity contribution in [3.8, 4) is 11.1 Å². The van der Waals surface area contributed by atoms with E-state index in [1.807, 2.05) is 6.07 Å². The van der Waals surface area contributed by atoms with E-state index in [9.17, 15) is 9.59 Å². The minimum atomic E-state index is -0.586. The molecule has 5 heteroatoms. The molecule has 3 rings (SSSR count). The van der Waals surface area contributed by atoms with E-state index in [1.165, 1.54) is 0 Å². The van der Waals surface area contributed by atoms with E-state index in [-0.39, 0.29) is 5.69 Å². The fraction of sp³-hybridized carbons (Fsp3) is 0.286. The van der Waals surface area contributed by atoms with Crippen molar-refractivity contribution >= 4 is 23.0 Å². The average Bonchev–Trinajstić information content (AvgIpc) is 2.94. The van der Waals surface area contributed by atoms with E-state index in [4.69, 9.17) is 17.3 Å². The minimum Gasteiger partial charge on any atom is -0.395 e. The molecule has 0 saturated carbocycles. The summed E-state index contributed by atoms with van der Waals surface area (Å²) in [5.41, 5.74) is 6.57. The van der Waals surface area contributed by atoms with Gasteiger partial charge in [-0.3, -0.25) is 9.59 Å². The average molecular weight is 277 g/mol. The van der Waals surface area contributed by atoms with E-state index in [0.29, 0.717) is 16.1 Å². The van der Waals surface area contributed by atoms with Crippen molar-refractivity contribution in [1.82, 2.24) is 0 Å². The molecule has 1 saturated heterocycles. The number of anilines is 2. The highest BCUT2D eigenvalue weighted by atomic mass is 35.5. The Hall–Kier alpha value is -1.81. The number of nitrogens with zero attached hydrogens (tertiary/aromatic N) is 1. The van der Waals surface area contributed by atoms with Crippen LogP contribution >= 0.6 is 11.6 Å². The zero-order valence-electron chi connectivity index (χ0n) is 10.3. The predicted octanol–water partition coefficient (Wildman–Crippen LogP) is 1.79. The smallest absolute Gasteiger partial charge is 0.249 e. The van der Waals surface area contributed by atoms with Crippen molar-refractivity contribution < 1.29 is 0 Å². The molecular formula is C14H13ClN2O2. The number of nitrogen functional groups attached to an aromatic ring is 1. The summed E-state index contributed by atoms with van der Waals surface area (Å²) < 4.78 is 0. The molecule has 1 heterocycles. The fourth-order valence-electron chi connectivity index (χ4n) is 2.61. The van der Waals surface area contributed by atoms with Crippen LogP contribution in [0.4, 0.5) is 11.4 Å². The van der Waals surface area contributed by atoms with Crippen LogP contribution in [0.25, 0.3) is 11.1 Å². The van der Waals surface area contributed by atoms with Gasteiger partial charge in [0, 0.05) is 29.4 Å². The number of benzene rings is 1. The lowest BCUT2D eigenvalue weighted by molar-refractivity contribution is 0.949. The van der Waals surface area contributed by atoms with Gasteiger partial charge in [0.1, 0.15) is 0 Å². The molecule has 0 spiro atoms. The third kappa shape index (κ3) is 1.83. The Labute approximate surface area is 115 Å². The molecule has 1 fully saturated rings. The number of halogens is 1. The van der Waals surface area contributed by atoms with E-state index in [2.05, 4.69) is 4.90 Å². The first kappa shape index (κ1) is 12.2. The molecule has 19 heavy (non-hydrogen) atoms. The normalized spacial score (nSPS) is 15.3. The van der Waals surface area contributed by atoms with Crippen molar-refractivity contribution in [3.63, 3.8) is 0 Å². The van der Waals surface area contributed by atoms with Gasteiger partial charge in [-0.25, -0.2) is 0 Å². The number of rotatable bonds is 2. The van der Waals surface area contributed by atoms with Crippen LogP contribution in [0.3, 0.4) is 0 Å². The van der Waals surface area contributed by atoms with Crippen molar-refractivity contribution in [2.45, 2.75) is 12.8 Å².